The van der Waals surface area contributed by atoms with Crippen LogP contribution in [-0.2, 0) is 10.7 Å². The molecule has 1 rings (SSSR count). The fraction of sp³-hybridized carbons (Fsp3) is 0.364. The van der Waals surface area contributed by atoms with Crippen LogP contribution in [0.25, 0.3) is 0 Å². The molecular weight excluding hydrogens is 184 g/mol. The smallest absolute Gasteiger partial charge is 0.127 e. The Morgan fingerprint density at radius 1 is 1.54 bits per heavy atom. The third-order valence-corrected chi connectivity index (χ3v) is 2.61. The minimum atomic E-state index is -0.0387. The first kappa shape index (κ1) is 10.3. The fourth-order valence-corrected chi connectivity index (χ4v) is 1.70. The molecule has 0 spiro atoms. The van der Waals surface area contributed by atoms with Gasteiger partial charge in [-0.2, -0.15) is 0 Å². The predicted octanol–water partition coefficient (Wildman–Crippen LogP) is 3.04. The van der Waals surface area contributed by atoms with Crippen LogP contribution in [-0.4, -0.2) is 6.29 Å². The molecule has 0 aliphatic rings. The van der Waals surface area contributed by atoms with Gasteiger partial charge in [0.25, 0.3) is 0 Å². The zero-order chi connectivity index (χ0) is 9.84. The molecule has 1 nitrogen and oxygen atoms in total. The molecule has 0 fully saturated rings. The third kappa shape index (κ3) is 2.10. The zero-order valence-corrected chi connectivity index (χ0v) is 8.64. The van der Waals surface area contributed by atoms with E-state index in [0.717, 1.165) is 23.0 Å². The summed E-state index contributed by atoms with van der Waals surface area (Å²) in [5.74, 6) is 0.466. The second-order valence-corrected chi connectivity index (χ2v) is 3.46. The molecule has 0 saturated carbocycles. The van der Waals surface area contributed by atoms with Gasteiger partial charge < -0.3 is 4.79 Å². The van der Waals surface area contributed by atoms with Crippen LogP contribution >= 0.6 is 11.6 Å². The van der Waals surface area contributed by atoms with Gasteiger partial charge in [0.1, 0.15) is 6.29 Å². The molecule has 1 unspecified atom stereocenters. The molecule has 0 bridgehead atoms. The number of rotatable bonds is 3. The van der Waals surface area contributed by atoms with Crippen LogP contribution in [0.1, 0.15) is 29.5 Å². The van der Waals surface area contributed by atoms with Gasteiger partial charge in [0.15, 0.2) is 0 Å². The van der Waals surface area contributed by atoms with Crippen molar-refractivity contribution in [1.82, 2.24) is 0 Å². The number of carbonyl (C=O) groups is 1. The average Bonchev–Trinajstić information content (AvgIpc) is 2.17. The highest BCUT2D eigenvalue weighted by Gasteiger charge is 2.08. The molecule has 13 heavy (non-hydrogen) atoms. The van der Waals surface area contributed by atoms with Crippen LogP contribution in [0.5, 0.6) is 0 Å². The van der Waals surface area contributed by atoms with Crippen molar-refractivity contribution < 1.29 is 4.79 Å². The number of halogens is 1. The van der Waals surface area contributed by atoms with Crippen LogP contribution in [0, 0.1) is 6.92 Å². The van der Waals surface area contributed by atoms with Crippen molar-refractivity contribution >= 4 is 17.9 Å². The lowest BCUT2D eigenvalue weighted by molar-refractivity contribution is -0.108. The van der Waals surface area contributed by atoms with Gasteiger partial charge >= 0.3 is 0 Å². The molecule has 0 aromatic heterocycles. The summed E-state index contributed by atoms with van der Waals surface area (Å²) in [6.45, 7) is 3.90. The number of benzene rings is 1. The summed E-state index contributed by atoms with van der Waals surface area (Å²) in [6.07, 6.45) is 0.959. The second-order valence-electron chi connectivity index (χ2n) is 3.19. The summed E-state index contributed by atoms with van der Waals surface area (Å²) in [5, 5.41) is 0. The van der Waals surface area contributed by atoms with E-state index < -0.39 is 0 Å². The summed E-state index contributed by atoms with van der Waals surface area (Å²) < 4.78 is 0. The highest BCUT2D eigenvalue weighted by molar-refractivity contribution is 6.17. The molecule has 0 radical (unpaired) electrons. The van der Waals surface area contributed by atoms with Crippen molar-refractivity contribution in [1.29, 1.82) is 0 Å². The zero-order valence-electron chi connectivity index (χ0n) is 7.88. The summed E-state index contributed by atoms with van der Waals surface area (Å²) in [4.78, 5) is 10.6. The maximum atomic E-state index is 10.6. The van der Waals surface area contributed by atoms with Crippen molar-refractivity contribution in [3.05, 3.63) is 34.9 Å². The Bertz CT molecular complexity index is 307. The van der Waals surface area contributed by atoms with E-state index in [2.05, 4.69) is 0 Å². The minimum absolute atomic E-state index is 0.0387. The fourth-order valence-electron chi connectivity index (χ4n) is 1.41. The van der Waals surface area contributed by atoms with Gasteiger partial charge in [-0.05, 0) is 23.6 Å². The van der Waals surface area contributed by atoms with Crippen molar-refractivity contribution in [2.24, 2.45) is 0 Å². The molecule has 1 aromatic rings. The average molecular weight is 197 g/mol. The van der Waals surface area contributed by atoms with Gasteiger partial charge in [-0.3, -0.25) is 0 Å². The maximum absolute atomic E-state index is 10.6. The number of hydrogen-bond donors (Lipinski definition) is 0. The Labute approximate surface area is 83.7 Å². The highest BCUT2D eigenvalue weighted by Crippen LogP contribution is 2.21. The van der Waals surface area contributed by atoms with Gasteiger partial charge in [-0.25, -0.2) is 0 Å². The summed E-state index contributed by atoms with van der Waals surface area (Å²) in [6, 6.07) is 5.91. The van der Waals surface area contributed by atoms with Crippen LogP contribution in [0.4, 0.5) is 0 Å². The van der Waals surface area contributed by atoms with E-state index in [9.17, 15) is 4.79 Å². The van der Waals surface area contributed by atoms with E-state index in [4.69, 9.17) is 11.6 Å². The Morgan fingerprint density at radius 3 is 2.77 bits per heavy atom. The van der Waals surface area contributed by atoms with Gasteiger partial charge in [0, 0.05) is 11.8 Å². The number of hydrogen-bond acceptors (Lipinski definition) is 1. The second kappa shape index (κ2) is 4.43. The van der Waals surface area contributed by atoms with E-state index in [0.29, 0.717) is 5.88 Å². The quantitative estimate of drug-likeness (QED) is 0.537. The normalized spacial score (nSPS) is 12.5. The lowest BCUT2D eigenvalue weighted by Gasteiger charge is -2.11. The van der Waals surface area contributed by atoms with Crippen LogP contribution in [0.3, 0.4) is 0 Å². The van der Waals surface area contributed by atoms with E-state index in [-0.39, 0.29) is 5.92 Å². The topological polar surface area (TPSA) is 17.1 Å². The number of aldehydes is 1. The molecule has 70 valence electrons. The van der Waals surface area contributed by atoms with Crippen molar-refractivity contribution in [3.63, 3.8) is 0 Å². The molecular formula is C11H13ClO. The monoisotopic (exact) mass is 196 g/mol. The van der Waals surface area contributed by atoms with Crippen molar-refractivity contribution in [3.8, 4) is 0 Å². The molecule has 1 atom stereocenters. The van der Waals surface area contributed by atoms with Gasteiger partial charge in [0.05, 0.1) is 0 Å². The first-order valence-corrected chi connectivity index (χ1v) is 4.83. The van der Waals surface area contributed by atoms with E-state index >= 15 is 0 Å². The molecule has 0 aliphatic heterocycles. The Balaban J connectivity index is 3.14. The Hall–Kier alpha value is -0.820. The van der Waals surface area contributed by atoms with Crippen LogP contribution in [0.2, 0.25) is 0 Å². The molecule has 0 heterocycles. The first-order chi connectivity index (χ1) is 6.20. The third-order valence-electron chi connectivity index (χ3n) is 2.33. The predicted molar refractivity (Wildman–Crippen MR) is 55.2 cm³/mol. The van der Waals surface area contributed by atoms with Gasteiger partial charge in [0.2, 0.25) is 0 Å². The van der Waals surface area contributed by atoms with Crippen LogP contribution in [0.15, 0.2) is 18.2 Å². The van der Waals surface area contributed by atoms with Gasteiger partial charge in [-0.1, -0.05) is 25.1 Å². The molecule has 2 heteroatoms. The lowest BCUT2D eigenvalue weighted by Crippen LogP contribution is -1.99. The van der Waals surface area contributed by atoms with Crippen molar-refractivity contribution in [2.75, 3.05) is 0 Å². The van der Waals surface area contributed by atoms with E-state index in [1.165, 1.54) is 0 Å². The molecule has 0 saturated heterocycles. The first-order valence-electron chi connectivity index (χ1n) is 4.30. The van der Waals surface area contributed by atoms with Gasteiger partial charge in [-0.15, -0.1) is 11.6 Å². The largest absolute Gasteiger partial charge is 0.303 e. The number of carbonyl (C=O) groups excluding carboxylic acids is 1. The van der Waals surface area contributed by atoms with Crippen molar-refractivity contribution in [2.45, 2.75) is 25.6 Å². The Kier molecular flexibility index (Phi) is 3.49. The standard InChI is InChI=1S/C11H13ClO/c1-8(7-13)11-5-3-4-10(6-12)9(11)2/h3-5,7-8H,6H2,1-2H3. The minimum Gasteiger partial charge on any atom is -0.303 e. The highest BCUT2D eigenvalue weighted by atomic mass is 35.5. The molecule has 1 aromatic carbocycles. The van der Waals surface area contributed by atoms with E-state index in [1.54, 1.807) is 0 Å². The molecule has 0 amide bonds. The maximum Gasteiger partial charge on any atom is 0.127 e. The Morgan fingerprint density at radius 2 is 2.23 bits per heavy atom. The lowest BCUT2D eigenvalue weighted by atomic mass is 9.95. The summed E-state index contributed by atoms with van der Waals surface area (Å²) >= 11 is 5.76. The molecule has 0 aliphatic carbocycles. The summed E-state index contributed by atoms with van der Waals surface area (Å²) in [7, 11) is 0. The number of alkyl halides is 1. The summed E-state index contributed by atoms with van der Waals surface area (Å²) in [5.41, 5.74) is 3.32. The van der Waals surface area contributed by atoms with Crippen LogP contribution < -0.4 is 0 Å². The SMILES string of the molecule is Cc1c(CCl)cccc1C(C)C=O. The van der Waals surface area contributed by atoms with E-state index in [1.807, 2.05) is 32.0 Å². The molecule has 0 N–H and O–H groups in total.